The molecule has 6 atom stereocenters. The quantitative estimate of drug-likeness (QED) is 0.163. The predicted molar refractivity (Wildman–Crippen MR) is 135 cm³/mol. The van der Waals surface area contributed by atoms with Crippen molar-refractivity contribution in [2.45, 2.75) is 70.2 Å². The van der Waals surface area contributed by atoms with Crippen LogP contribution in [0.1, 0.15) is 46.3 Å². The zero-order valence-corrected chi connectivity index (χ0v) is 22.4. The molecule has 0 spiro atoms. The molecule has 2 heterocycles. The van der Waals surface area contributed by atoms with E-state index < -0.39 is 62.2 Å². The third-order valence-electron chi connectivity index (χ3n) is 6.01. The highest BCUT2D eigenvalue weighted by Gasteiger charge is 2.55. The second kappa shape index (κ2) is 13.3. The number of rotatable bonds is 13. The maximum atomic E-state index is 15.5. The van der Waals surface area contributed by atoms with Crippen molar-refractivity contribution in [1.29, 1.82) is 0 Å². The van der Waals surface area contributed by atoms with E-state index in [1.165, 1.54) is 6.92 Å². The lowest BCUT2D eigenvalue weighted by atomic mass is 9.98. The van der Waals surface area contributed by atoms with Gasteiger partial charge >= 0.3 is 19.8 Å². The molecule has 1 aliphatic heterocycles. The van der Waals surface area contributed by atoms with Crippen molar-refractivity contribution in [3.8, 4) is 5.75 Å². The third kappa shape index (κ3) is 7.17. The highest BCUT2D eigenvalue weighted by molar-refractivity contribution is 7.36. The van der Waals surface area contributed by atoms with Gasteiger partial charge in [0.25, 0.3) is 5.56 Å². The summed E-state index contributed by atoms with van der Waals surface area (Å²) in [4.78, 5) is 44.6. The Morgan fingerprint density at radius 2 is 2.00 bits per heavy atom. The number of carbonyl (C=O) groups excluding carboxylic acids is 1. The van der Waals surface area contributed by atoms with Crippen LogP contribution < -0.4 is 15.8 Å². The van der Waals surface area contributed by atoms with Gasteiger partial charge in [-0.3, -0.25) is 28.5 Å². The molecule has 38 heavy (non-hydrogen) atoms. The lowest BCUT2D eigenvalue weighted by Gasteiger charge is -2.27. The van der Waals surface area contributed by atoms with Crippen LogP contribution in [0, 0.1) is 0 Å². The van der Waals surface area contributed by atoms with E-state index in [9.17, 15) is 24.1 Å². The average Bonchev–Trinajstić information content (AvgIpc) is 3.10. The summed E-state index contributed by atoms with van der Waals surface area (Å²) in [7, 11) is -3.24. The van der Waals surface area contributed by atoms with Crippen molar-refractivity contribution in [2.75, 3.05) is 13.2 Å². The van der Waals surface area contributed by atoms with Crippen LogP contribution >= 0.6 is 8.18 Å². The Bertz CT molecular complexity index is 1210. The zero-order valence-electron chi connectivity index (χ0n) is 21.4. The van der Waals surface area contributed by atoms with Crippen molar-refractivity contribution in [2.24, 2.45) is 0 Å². The van der Waals surface area contributed by atoms with Crippen LogP contribution in [0.25, 0.3) is 0 Å². The number of aliphatic hydroxyl groups excluding tert-OH is 1. The predicted octanol–water partition coefficient (Wildman–Crippen LogP) is 2.35. The number of hydroxylamine groups is 1. The molecule has 0 bridgehead atoms. The van der Waals surface area contributed by atoms with E-state index in [1.807, 2.05) is 11.9 Å². The Hall–Kier alpha value is -2.83. The molecule has 1 aromatic carbocycles. The van der Waals surface area contributed by atoms with Gasteiger partial charge in [0.15, 0.2) is 11.9 Å². The molecule has 1 unspecified atom stereocenters. The summed E-state index contributed by atoms with van der Waals surface area (Å²) in [6, 6.07) is 8.05. The molecule has 210 valence electrons. The Balaban J connectivity index is 1.75. The van der Waals surface area contributed by atoms with Gasteiger partial charge in [-0.2, -0.15) is 0 Å². The van der Waals surface area contributed by atoms with Gasteiger partial charge in [-0.05, 0) is 32.4 Å². The summed E-state index contributed by atoms with van der Waals surface area (Å²) >= 11 is 0. The number of halogens is 1. The lowest BCUT2D eigenvalue weighted by Crippen LogP contribution is -2.44. The van der Waals surface area contributed by atoms with Gasteiger partial charge in [-0.15, -0.1) is 0 Å². The SMILES string of the molecule is CCCCCOC(=O)[C@H](C)N(OC[C@H]1O[C@@H](n2ccc(=O)[nH]c2=O)[C@](C)(F)[C@@H]1O)[PH](=O)Oc1ccccc1. The number of ether oxygens (including phenoxy) is 2. The molecule has 2 N–H and O–H groups in total. The zero-order chi connectivity index (χ0) is 27.9. The van der Waals surface area contributed by atoms with Crippen LogP contribution in [0.15, 0.2) is 52.2 Å². The number of nitrogens with zero attached hydrogens (tertiary/aromatic N) is 2. The Kier molecular flexibility index (Phi) is 10.4. The van der Waals surface area contributed by atoms with Crippen LogP contribution in [0.2, 0.25) is 0 Å². The van der Waals surface area contributed by atoms with E-state index in [0.29, 0.717) is 6.42 Å². The maximum absolute atomic E-state index is 15.5. The molecule has 12 nitrogen and oxygen atoms in total. The average molecular weight is 558 g/mol. The molecular formula is C24H33FN3O9P. The van der Waals surface area contributed by atoms with E-state index in [2.05, 4.69) is 0 Å². The molecule has 0 radical (unpaired) electrons. The summed E-state index contributed by atoms with van der Waals surface area (Å²) in [5, 5.41) is 10.6. The maximum Gasteiger partial charge on any atom is 0.331 e. The number of aliphatic hydroxyl groups is 1. The summed E-state index contributed by atoms with van der Waals surface area (Å²) in [6.07, 6.45) is -1.19. The largest absolute Gasteiger partial charge is 0.464 e. The molecule has 3 rings (SSSR count). The molecule has 0 saturated carbocycles. The van der Waals surface area contributed by atoms with Gasteiger partial charge in [0, 0.05) is 12.3 Å². The number of para-hydroxylation sites is 1. The standard InChI is InChI=1S/C24H33FN3O9P/c1-4-5-9-14-34-21(31)16(2)28(38(33)37-17-10-7-6-8-11-17)35-15-18-20(30)24(3,25)22(36-18)27-13-12-19(29)26-23(27)32/h6-8,10-13,16,18,20,22,30,38H,4-5,9,14-15H2,1-3H3,(H,26,29,32)/t16-,18+,20+,22+,24+/m0/s1. The minimum absolute atomic E-state index is 0.172. The number of aromatic nitrogens is 2. The summed E-state index contributed by atoms with van der Waals surface area (Å²) in [5.74, 6) is -0.448. The molecule has 1 aliphatic rings. The first-order valence-corrected chi connectivity index (χ1v) is 13.5. The number of esters is 1. The van der Waals surface area contributed by atoms with Gasteiger partial charge in [0.05, 0.1) is 13.2 Å². The third-order valence-corrected chi connectivity index (χ3v) is 7.30. The van der Waals surface area contributed by atoms with Crippen molar-refractivity contribution in [1.82, 2.24) is 14.4 Å². The second-order valence-corrected chi connectivity index (χ2v) is 10.2. The summed E-state index contributed by atoms with van der Waals surface area (Å²) < 4.78 is 45.7. The number of carbonyl (C=O) groups is 1. The summed E-state index contributed by atoms with van der Waals surface area (Å²) in [6.45, 7) is 4.08. The van der Waals surface area contributed by atoms with E-state index in [0.717, 1.165) is 41.4 Å². The van der Waals surface area contributed by atoms with Crippen LogP contribution in [0.4, 0.5) is 4.39 Å². The number of alkyl halides is 1. The molecule has 14 heteroatoms. The smallest absolute Gasteiger partial charge is 0.331 e. The van der Waals surface area contributed by atoms with Gasteiger partial charge in [0.2, 0.25) is 0 Å². The molecule has 1 saturated heterocycles. The highest BCUT2D eigenvalue weighted by Crippen LogP contribution is 2.41. The fraction of sp³-hybridized carbons (Fsp3) is 0.542. The number of aromatic amines is 1. The molecule has 0 aliphatic carbocycles. The Morgan fingerprint density at radius 3 is 2.66 bits per heavy atom. The number of unbranched alkanes of at least 4 members (excludes halogenated alkanes) is 2. The second-order valence-electron chi connectivity index (χ2n) is 8.99. The minimum atomic E-state index is -3.24. The molecule has 1 aromatic heterocycles. The number of benzene rings is 1. The first-order valence-electron chi connectivity index (χ1n) is 12.3. The fourth-order valence-electron chi connectivity index (χ4n) is 3.81. The summed E-state index contributed by atoms with van der Waals surface area (Å²) in [5.41, 5.74) is -4.07. The highest BCUT2D eigenvalue weighted by atomic mass is 31.1. The number of hydrogen-bond acceptors (Lipinski definition) is 9. The van der Waals surface area contributed by atoms with E-state index in [1.54, 1.807) is 30.3 Å². The van der Waals surface area contributed by atoms with Crippen molar-refractivity contribution < 1.29 is 37.7 Å². The van der Waals surface area contributed by atoms with Crippen LogP contribution in [-0.2, 0) is 23.7 Å². The van der Waals surface area contributed by atoms with E-state index >= 15 is 4.39 Å². The lowest BCUT2D eigenvalue weighted by molar-refractivity contribution is -0.181. The van der Waals surface area contributed by atoms with Gasteiger partial charge in [-0.25, -0.2) is 9.18 Å². The fourth-order valence-corrected chi connectivity index (χ4v) is 4.84. The molecule has 2 aromatic rings. The first kappa shape index (κ1) is 29.7. The first-order chi connectivity index (χ1) is 18.1. The normalized spacial score (nSPS) is 24.7. The van der Waals surface area contributed by atoms with Crippen LogP contribution in [0.3, 0.4) is 0 Å². The van der Waals surface area contributed by atoms with Crippen LogP contribution in [0.5, 0.6) is 5.75 Å². The number of H-pyrrole nitrogens is 1. The minimum Gasteiger partial charge on any atom is -0.464 e. The molecular weight excluding hydrogens is 524 g/mol. The molecule has 1 fully saturated rings. The Labute approximate surface area is 219 Å². The van der Waals surface area contributed by atoms with Crippen LogP contribution in [-0.4, -0.2) is 62.6 Å². The number of hydrogen-bond donors (Lipinski definition) is 2. The van der Waals surface area contributed by atoms with Gasteiger partial charge < -0.3 is 19.1 Å². The monoisotopic (exact) mass is 557 g/mol. The number of nitrogens with one attached hydrogen (secondary N) is 1. The van der Waals surface area contributed by atoms with Crippen molar-refractivity contribution in [3.63, 3.8) is 0 Å². The van der Waals surface area contributed by atoms with E-state index in [4.69, 9.17) is 18.8 Å². The van der Waals surface area contributed by atoms with Gasteiger partial charge in [0.1, 0.15) is 24.0 Å². The van der Waals surface area contributed by atoms with Crippen molar-refractivity contribution in [3.05, 3.63) is 63.4 Å². The Morgan fingerprint density at radius 1 is 1.29 bits per heavy atom. The molecule has 0 amide bonds. The van der Waals surface area contributed by atoms with Gasteiger partial charge in [-0.1, -0.05) is 42.8 Å². The van der Waals surface area contributed by atoms with E-state index in [-0.39, 0.29) is 12.4 Å². The van der Waals surface area contributed by atoms with Crippen molar-refractivity contribution >= 4 is 14.1 Å². The topological polar surface area (TPSA) is 149 Å².